The molecule has 8 rings (SSSR count). The first-order valence-corrected chi connectivity index (χ1v) is 22.2. The highest BCUT2D eigenvalue weighted by atomic mass is 79.9. The van der Waals surface area contributed by atoms with Gasteiger partial charge in [-0.3, -0.25) is 29.1 Å². The van der Waals surface area contributed by atoms with Crippen molar-refractivity contribution in [2.45, 2.75) is 45.9 Å². The average Bonchev–Trinajstić information content (AvgIpc) is 3.34. The first-order chi connectivity index (χ1) is 32.5. The number of nitriles is 1. The van der Waals surface area contributed by atoms with Crippen LogP contribution in [0.3, 0.4) is 0 Å². The standard InChI is InChI=1S/C28H24N4O2.C26H21BrFN3O2/c1-20-14-23(17-29)9-10-25(20)18-31-28(34)24-11-12-30-26(16-24)15-21-5-7-22(8-6-21)19-32-13-3-2-4-27(32)33;27-23-9-8-20(14-24(23)28)16-30-26(33)21-10-11-29-22(15-21)13-18-4-6-19(7-5-18)17-31-12-2-1-3-25(31)32/h2-14,16H,15,18-19H2,1H3,(H,31,34);1-12,14-15H,13,16-17H2,(H,30,33). The minimum Gasteiger partial charge on any atom is -0.348 e. The first-order valence-electron chi connectivity index (χ1n) is 21.4. The number of amides is 2. The molecule has 334 valence electrons. The van der Waals surface area contributed by atoms with Crippen molar-refractivity contribution in [3.63, 3.8) is 0 Å². The van der Waals surface area contributed by atoms with Gasteiger partial charge in [-0.15, -0.1) is 0 Å². The number of nitrogens with zero attached hydrogens (tertiary/aromatic N) is 5. The van der Waals surface area contributed by atoms with Gasteiger partial charge in [-0.05, 0) is 122 Å². The predicted octanol–water partition coefficient (Wildman–Crippen LogP) is 8.71. The Hall–Kier alpha value is -8.08. The number of benzene rings is 4. The van der Waals surface area contributed by atoms with E-state index in [9.17, 15) is 23.6 Å². The molecule has 67 heavy (non-hydrogen) atoms. The highest BCUT2D eigenvalue weighted by Crippen LogP contribution is 2.18. The lowest BCUT2D eigenvalue weighted by Crippen LogP contribution is -2.23. The van der Waals surface area contributed by atoms with Gasteiger partial charge in [0.05, 0.1) is 29.2 Å². The van der Waals surface area contributed by atoms with Gasteiger partial charge in [0, 0.05) is 85.4 Å². The van der Waals surface area contributed by atoms with Crippen LogP contribution in [0.15, 0.2) is 184 Å². The van der Waals surface area contributed by atoms with E-state index in [0.29, 0.717) is 59.2 Å². The van der Waals surface area contributed by atoms with E-state index in [1.807, 2.05) is 79.7 Å². The summed E-state index contributed by atoms with van der Waals surface area (Å²) >= 11 is 3.12. The maximum absolute atomic E-state index is 13.7. The SMILES string of the molecule is Cc1cc(C#N)ccc1CNC(=O)c1ccnc(Cc2ccc(Cn3ccccc3=O)cc2)c1.O=C(NCc1ccc(Br)c(F)c1)c1ccnc(Cc2ccc(Cn3ccccc3=O)cc2)c1. The summed E-state index contributed by atoms with van der Waals surface area (Å²) in [5.41, 5.74) is 9.96. The number of carbonyl (C=O) groups is 2. The quantitative estimate of drug-likeness (QED) is 0.111. The monoisotopic (exact) mass is 953 g/mol. The third kappa shape index (κ3) is 13.5. The first kappa shape index (κ1) is 46.9. The van der Waals surface area contributed by atoms with Crippen LogP contribution in [0.4, 0.5) is 4.39 Å². The number of halogens is 2. The van der Waals surface area contributed by atoms with Crippen LogP contribution >= 0.6 is 15.9 Å². The van der Waals surface area contributed by atoms with E-state index >= 15 is 0 Å². The fourth-order valence-corrected chi connectivity index (χ4v) is 7.37. The maximum atomic E-state index is 13.7. The third-order valence-electron chi connectivity index (χ3n) is 10.8. The number of aromatic nitrogens is 4. The van der Waals surface area contributed by atoms with Crippen molar-refractivity contribution < 1.29 is 14.0 Å². The number of nitrogens with one attached hydrogen (secondary N) is 2. The lowest BCUT2D eigenvalue weighted by molar-refractivity contribution is 0.0942. The van der Waals surface area contributed by atoms with Crippen LogP contribution in [0.1, 0.15) is 76.6 Å². The fraction of sp³-hybridized carbons (Fsp3) is 0.130. The molecular weight excluding hydrogens is 910 g/mol. The molecule has 0 aliphatic heterocycles. The molecule has 0 atom stereocenters. The van der Waals surface area contributed by atoms with Crippen molar-refractivity contribution in [1.82, 2.24) is 29.7 Å². The lowest BCUT2D eigenvalue weighted by Gasteiger charge is -2.10. The van der Waals surface area contributed by atoms with Gasteiger partial charge < -0.3 is 19.8 Å². The second-order valence-electron chi connectivity index (χ2n) is 15.8. The largest absolute Gasteiger partial charge is 0.348 e. The summed E-state index contributed by atoms with van der Waals surface area (Å²) in [6.45, 7) is 3.58. The molecule has 0 saturated heterocycles. The molecule has 4 aromatic heterocycles. The number of hydrogen-bond donors (Lipinski definition) is 2. The zero-order valence-electron chi connectivity index (χ0n) is 36.5. The summed E-state index contributed by atoms with van der Waals surface area (Å²) in [6, 6.07) is 45.5. The van der Waals surface area contributed by atoms with Crippen LogP contribution in [-0.2, 0) is 39.0 Å². The zero-order valence-corrected chi connectivity index (χ0v) is 38.1. The molecule has 13 heteroatoms. The van der Waals surface area contributed by atoms with Gasteiger partial charge in [-0.25, -0.2) is 4.39 Å². The highest BCUT2D eigenvalue weighted by Gasteiger charge is 2.11. The minimum absolute atomic E-state index is 0.0276. The second kappa shape index (κ2) is 22.7. The number of aryl methyl sites for hydroxylation is 1. The molecule has 4 heterocycles. The molecule has 0 spiro atoms. The van der Waals surface area contributed by atoms with E-state index in [4.69, 9.17) is 5.26 Å². The maximum Gasteiger partial charge on any atom is 0.251 e. The summed E-state index contributed by atoms with van der Waals surface area (Å²) in [7, 11) is 0. The summed E-state index contributed by atoms with van der Waals surface area (Å²) in [4.78, 5) is 57.8. The number of carbonyl (C=O) groups excluding carboxylic acids is 2. The average molecular weight is 955 g/mol. The van der Waals surface area contributed by atoms with Crippen molar-refractivity contribution in [1.29, 1.82) is 5.26 Å². The molecule has 11 nitrogen and oxygen atoms in total. The van der Waals surface area contributed by atoms with Crippen LogP contribution in [-0.4, -0.2) is 30.9 Å². The second-order valence-corrected chi connectivity index (χ2v) is 16.6. The van der Waals surface area contributed by atoms with Crippen molar-refractivity contribution in [2.24, 2.45) is 0 Å². The Kier molecular flexibility index (Phi) is 15.9. The molecule has 0 unspecified atom stereocenters. The summed E-state index contributed by atoms with van der Waals surface area (Å²) in [6.07, 6.45) is 7.97. The molecule has 0 aliphatic carbocycles. The molecule has 0 bridgehead atoms. The van der Waals surface area contributed by atoms with E-state index in [2.05, 4.69) is 42.6 Å². The van der Waals surface area contributed by atoms with Crippen molar-refractivity contribution >= 4 is 27.7 Å². The number of pyridine rings is 4. The Balaban J connectivity index is 0.000000199. The minimum atomic E-state index is -0.366. The van der Waals surface area contributed by atoms with E-state index in [1.165, 1.54) is 6.07 Å². The van der Waals surface area contributed by atoms with Gasteiger partial charge >= 0.3 is 0 Å². The summed E-state index contributed by atoms with van der Waals surface area (Å²) in [5, 5.41) is 14.8. The Morgan fingerprint density at radius 2 is 1.10 bits per heavy atom. The summed E-state index contributed by atoms with van der Waals surface area (Å²) in [5.74, 6) is -0.781. The van der Waals surface area contributed by atoms with Crippen LogP contribution in [0.2, 0.25) is 0 Å². The molecule has 0 saturated carbocycles. The van der Waals surface area contributed by atoms with E-state index in [-0.39, 0.29) is 35.3 Å². The molecule has 2 N–H and O–H groups in total. The molecule has 4 aromatic carbocycles. The van der Waals surface area contributed by atoms with Crippen molar-refractivity contribution in [3.05, 3.63) is 268 Å². The molecule has 0 radical (unpaired) electrons. The van der Waals surface area contributed by atoms with Crippen LogP contribution < -0.4 is 21.8 Å². The van der Waals surface area contributed by atoms with E-state index in [0.717, 1.165) is 44.8 Å². The normalized spacial score (nSPS) is 10.6. The van der Waals surface area contributed by atoms with Crippen molar-refractivity contribution in [2.75, 3.05) is 0 Å². The zero-order chi connectivity index (χ0) is 47.1. The van der Waals surface area contributed by atoms with Crippen molar-refractivity contribution in [3.8, 4) is 6.07 Å². The van der Waals surface area contributed by atoms with Crippen LogP contribution in [0.25, 0.3) is 0 Å². The fourth-order valence-electron chi connectivity index (χ4n) is 7.13. The third-order valence-corrected chi connectivity index (χ3v) is 11.5. The Labute approximate surface area is 395 Å². The number of rotatable bonds is 14. The van der Waals surface area contributed by atoms with Gasteiger partial charge in [-0.2, -0.15) is 5.26 Å². The van der Waals surface area contributed by atoms with Gasteiger partial charge in [0.1, 0.15) is 5.82 Å². The summed E-state index contributed by atoms with van der Waals surface area (Å²) < 4.78 is 17.4. The van der Waals surface area contributed by atoms with Crippen LogP contribution in [0, 0.1) is 24.1 Å². The Bertz CT molecular complexity index is 3180. The van der Waals surface area contributed by atoms with Crippen LogP contribution in [0.5, 0.6) is 0 Å². The van der Waals surface area contributed by atoms with Gasteiger partial charge in [0.25, 0.3) is 22.9 Å². The van der Waals surface area contributed by atoms with E-state index < -0.39 is 0 Å². The topological polar surface area (TPSA) is 152 Å². The molecule has 0 aliphatic rings. The highest BCUT2D eigenvalue weighted by molar-refractivity contribution is 9.10. The lowest BCUT2D eigenvalue weighted by atomic mass is 10.0. The Morgan fingerprint density at radius 3 is 1.58 bits per heavy atom. The smallest absolute Gasteiger partial charge is 0.251 e. The van der Waals surface area contributed by atoms with Gasteiger partial charge in [0.2, 0.25) is 0 Å². The Morgan fingerprint density at radius 1 is 0.612 bits per heavy atom. The number of hydrogen-bond acceptors (Lipinski definition) is 7. The molecule has 8 aromatic rings. The predicted molar refractivity (Wildman–Crippen MR) is 259 cm³/mol. The molecule has 0 fully saturated rings. The van der Waals surface area contributed by atoms with Gasteiger partial charge in [0.15, 0.2) is 0 Å². The van der Waals surface area contributed by atoms with E-state index in [1.54, 1.807) is 101 Å². The van der Waals surface area contributed by atoms with Gasteiger partial charge in [-0.1, -0.05) is 72.8 Å². The molecule has 2 amide bonds. The molecular formula is C54H45BrFN7O4.